The van der Waals surface area contributed by atoms with Gasteiger partial charge in [0.25, 0.3) is 5.91 Å². The molecule has 0 radical (unpaired) electrons. The van der Waals surface area contributed by atoms with E-state index in [0.717, 1.165) is 25.1 Å². The fourth-order valence-corrected chi connectivity index (χ4v) is 2.23. The van der Waals surface area contributed by atoms with Gasteiger partial charge in [-0.3, -0.25) is 4.79 Å². The van der Waals surface area contributed by atoms with Crippen LogP contribution in [0, 0.1) is 12.3 Å². The molecule has 0 saturated carbocycles. The predicted molar refractivity (Wildman–Crippen MR) is 72.3 cm³/mol. The third-order valence-corrected chi connectivity index (χ3v) is 3.29. The van der Waals surface area contributed by atoms with Crippen molar-refractivity contribution in [1.82, 2.24) is 10.2 Å². The van der Waals surface area contributed by atoms with E-state index in [4.69, 9.17) is 6.42 Å². The number of fused-ring (bicyclic) bond motifs is 1. The summed E-state index contributed by atoms with van der Waals surface area (Å²) in [6.45, 7) is 4.80. The van der Waals surface area contributed by atoms with Crippen molar-refractivity contribution in [2.75, 3.05) is 19.6 Å². The topological polar surface area (TPSA) is 32.3 Å². The Bertz CT molecular complexity index is 488. The van der Waals surface area contributed by atoms with Crippen molar-refractivity contribution in [3.05, 3.63) is 34.9 Å². The number of amides is 1. The average molecular weight is 242 g/mol. The van der Waals surface area contributed by atoms with Gasteiger partial charge in [-0.2, -0.15) is 0 Å². The first-order chi connectivity index (χ1) is 8.76. The first kappa shape index (κ1) is 12.7. The van der Waals surface area contributed by atoms with Gasteiger partial charge in [-0.1, -0.05) is 12.0 Å². The Morgan fingerprint density at radius 3 is 3.06 bits per heavy atom. The number of hydrogen-bond acceptors (Lipinski definition) is 2. The standard InChI is InChI=1S/C15H18N2O/c1-3-9-17(4-2)15(18)13-6-5-12-7-8-16-11-14(12)10-13/h1,5-6,10,16H,4,7-9,11H2,2H3. The van der Waals surface area contributed by atoms with Gasteiger partial charge in [0.2, 0.25) is 0 Å². The van der Waals surface area contributed by atoms with Crippen molar-refractivity contribution < 1.29 is 4.79 Å². The highest BCUT2D eigenvalue weighted by Gasteiger charge is 2.16. The zero-order chi connectivity index (χ0) is 13.0. The summed E-state index contributed by atoms with van der Waals surface area (Å²) in [6, 6.07) is 5.96. The average Bonchev–Trinajstić information content (AvgIpc) is 2.43. The van der Waals surface area contributed by atoms with Crippen LogP contribution in [0.2, 0.25) is 0 Å². The van der Waals surface area contributed by atoms with Crippen LogP contribution in [0.1, 0.15) is 28.4 Å². The smallest absolute Gasteiger partial charge is 0.254 e. The molecule has 1 amide bonds. The summed E-state index contributed by atoms with van der Waals surface area (Å²) < 4.78 is 0. The van der Waals surface area contributed by atoms with E-state index in [-0.39, 0.29) is 5.91 Å². The molecule has 1 heterocycles. The van der Waals surface area contributed by atoms with Crippen LogP contribution in [0.15, 0.2) is 18.2 Å². The highest BCUT2D eigenvalue weighted by Crippen LogP contribution is 2.17. The van der Waals surface area contributed by atoms with Crippen molar-refractivity contribution in [1.29, 1.82) is 0 Å². The minimum absolute atomic E-state index is 0.0174. The molecule has 0 bridgehead atoms. The number of carbonyl (C=O) groups is 1. The van der Waals surface area contributed by atoms with Crippen LogP contribution in [0.25, 0.3) is 0 Å². The van der Waals surface area contributed by atoms with Gasteiger partial charge < -0.3 is 10.2 Å². The van der Waals surface area contributed by atoms with Crippen molar-refractivity contribution in [2.24, 2.45) is 0 Å². The summed E-state index contributed by atoms with van der Waals surface area (Å²) in [5.74, 6) is 2.54. The van der Waals surface area contributed by atoms with E-state index < -0.39 is 0 Å². The molecule has 1 aromatic carbocycles. The summed E-state index contributed by atoms with van der Waals surface area (Å²) in [5, 5.41) is 3.32. The molecule has 94 valence electrons. The number of nitrogens with one attached hydrogen (secondary N) is 1. The maximum atomic E-state index is 12.3. The molecule has 3 nitrogen and oxygen atoms in total. The van der Waals surface area contributed by atoms with Crippen LogP contribution in [-0.2, 0) is 13.0 Å². The largest absolute Gasteiger partial charge is 0.328 e. The number of nitrogens with zero attached hydrogens (tertiary/aromatic N) is 1. The summed E-state index contributed by atoms with van der Waals surface area (Å²) in [4.78, 5) is 13.9. The van der Waals surface area contributed by atoms with E-state index in [1.54, 1.807) is 4.90 Å². The van der Waals surface area contributed by atoms with Crippen LogP contribution >= 0.6 is 0 Å². The van der Waals surface area contributed by atoms with E-state index in [9.17, 15) is 4.79 Å². The molecule has 0 aliphatic carbocycles. The molecule has 18 heavy (non-hydrogen) atoms. The van der Waals surface area contributed by atoms with E-state index in [1.807, 2.05) is 19.1 Å². The van der Waals surface area contributed by atoms with Crippen LogP contribution in [0.3, 0.4) is 0 Å². The van der Waals surface area contributed by atoms with Gasteiger partial charge in [-0.05, 0) is 43.1 Å². The Balaban J connectivity index is 2.23. The molecular formula is C15H18N2O. The maximum absolute atomic E-state index is 12.3. The summed E-state index contributed by atoms with van der Waals surface area (Å²) in [6.07, 6.45) is 6.31. The van der Waals surface area contributed by atoms with Gasteiger partial charge in [0, 0.05) is 18.7 Å². The predicted octanol–water partition coefficient (Wildman–Crippen LogP) is 1.43. The van der Waals surface area contributed by atoms with E-state index in [0.29, 0.717) is 13.1 Å². The molecule has 0 aromatic heterocycles. The summed E-state index contributed by atoms with van der Waals surface area (Å²) in [5.41, 5.74) is 3.30. The Kier molecular flexibility index (Phi) is 4.01. The maximum Gasteiger partial charge on any atom is 0.254 e. The number of terminal acetylenes is 1. The molecule has 0 saturated heterocycles. The third kappa shape index (κ3) is 2.55. The number of hydrogen-bond donors (Lipinski definition) is 1. The summed E-state index contributed by atoms with van der Waals surface area (Å²) >= 11 is 0. The quantitative estimate of drug-likeness (QED) is 0.813. The molecule has 1 N–H and O–H groups in total. The zero-order valence-electron chi connectivity index (χ0n) is 10.7. The molecule has 0 spiro atoms. The van der Waals surface area contributed by atoms with Gasteiger partial charge >= 0.3 is 0 Å². The van der Waals surface area contributed by atoms with Crippen LogP contribution in [0.4, 0.5) is 0 Å². The lowest BCUT2D eigenvalue weighted by Gasteiger charge is -2.21. The Morgan fingerprint density at radius 2 is 2.33 bits per heavy atom. The molecule has 1 aromatic rings. The number of benzene rings is 1. The minimum atomic E-state index is 0.0174. The Labute approximate surface area is 108 Å². The van der Waals surface area contributed by atoms with Gasteiger partial charge in [0.15, 0.2) is 0 Å². The SMILES string of the molecule is C#CCN(CC)C(=O)c1ccc2c(c1)CNCC2. The van der Waals surface area contributed by atoms with Crippen LogP contribution < -0.4 is 5.32 Å². The van der Waals surface area contributed by atoms with Crippen LogP contribution in [-0.4, -0.2) is 30.4 Å². The molecular weight excluding hydrogens is 224 g/mol. The highest BCUT2D eigenvalue weighted by molar-refractivity contribution is 5.94. The fourth-order valence-electron chi connectivity index (χ4n) is 2.23. The van der Waals surface area contributed by atoms with Gasteiger partial charge in [-0.15, -0.1) is 6.42 Å². The first-order valence-corrected chi connectivity index (χ1v) is 6.31. The highest BCUT2D eigenvalue weighted by atomic mass is 16.2. The lowest BCUT2D eigenvalue weighted by molar-refractivity contribution is 0.0785. The molecule has 0 fully saturated rings. The molecule has 0 unspecified atom stereocenters. The second-order valence-electron chi connectivity index (χ2n) is 4.43. The monoisotopic (exact) mass is 242 g/mol. The lowest BCUT2D eigenvalue weighted by atomic mass is 9.98. The molecule has 3 heteroatoms. The second kappa shape index (κ2) is 5.70. The Hall–Kier alpha value is -1.79. The number of carbonyl (C=O) groups excluding carboxylic acids is 1. The van der Waals surface area contributed by atoms with Crippen molar-refractivity contribution in [2.45, 2.75) is 19.9 Å². The molecule has 1 aliphatic rings. The van der Waals surface area contributed by atoms with Crippen LogP contribution in [0.5, 0.6) is 0 Å². The molecule has 2 rings (SSSR count). The zero-order valence-corrected chi connectivity index (χ0v) is 10.7. The third-order valence-electron chi connectivity index (χ3n) is 3.29. The van der Waals surface area contributed by atoms with E-state index in [1.165, 1.54) is 11.1 Å². The van der Waals surface area contributed by atoms with Crippen molar-refractivity contribution in [3.8, 4) is 12.3 Å². The van der Waals surface area contributed by atoms with E-state index in [2.05, 4.69) is 17.3 Å². The van der Waals surface area contributed by atoms with Gasteiger partial charge in [-0.25, -0.2) is 0 Å². The fraction of sp³-hybridized carbons (Fsp3) is 0.400. The van der Waals surface area contributed by atoms with Crippen molar-refractivity contribution in [3.63, 3.8) is 0 Å². The second-order valence-corrected chi connectivity index (χ2v) is 4.43. The Morgan fingerprint density at radius 1 is 1.50 bits per heavy atom. The molecule has 0 atom stereocenters. The lowest BCUT2D eigenvalue weighted by Crippen LogP contribution is -2.31. The van der Waals surface area contributed by atoms with E-state index >= 15 is 0 Å². The normalized spacial score (nSPS) is 13.6. The number of rotatable bonds is 3. The van der Waals surface area contributed by atoms with Gasteiger partial charge in [0.1, 0.15) is 0 Å². The summed E-state index contributed by atoms with van der Waals surface area (Å²) in [7, 11) is 0. The van der Waals surface area contributed by atoms with Crippen molar-refractivity contribution >= 4 is 5.91 Å². The minimum Gasteiger partial charge on any atom is -0.328 e. The first-order valence-electron chi connectivity index (χ1n) is 6.31. The van der Waals surface area contributed by atoms with Gasteiger partial charge in [0.05, 0.1) is 6.54 Å². The molecule has 1 aliphatic heterocycles.